The highest BCUT2D eigenvalue weighted by molar-refractivity contribution is 6.04. The maximum absolute atomic E-state index is 12.5. The minimum Gasteiger partial charge on any atom is -0.370 e. The average Bonchev–Trinajstić information content (AvgIpc) is 3.38. The molecular weight excluding hydrogens is 360 g/mol. The first-order chi connectivity index (χ1) is 14.0. The topological polar surface area (TPSA) is 39.9 Å². The molecule has 0 aliphatic carbocycles. The van der Waals surface area contributed by atoms with Gasteiger partial charge in [-0.05, 0) is 63.4 Å². The Morgan fingerprint density at radius 3 is 2.59 bits per heavy atom. The Morgan fingerprint density at radius 1 is 1.14 bits per heavy atom. The zero-order chi connectivity index (χ0) is 20.4. The SMILES string of the molecule is [C-]#[N+]c1ccc(C(=O)Nc2ccc(N3CCC(N4CCCC4C)C3)cc2C)cc1. The number of carbonyl (C=O) groups is 1. The van der Waals surface area contributed by atoms with Crippen molar-refractivity contribution in [1.29, 1.82) is 0 Å². The largest absolute Gasteiger partial charge is 0.370 e. The fourth-order valence-corrected chi connectivity index (χ4v) is 4.61. The Kier molecular flexibility index (Phi) is 5.55. The average molecular weight is 389 g/mol. The summed E-state index contributed by atoms with van der Waals surface area (Å²) >= 11 is 0. The summed E-state index contributed by atoms with van der Waals surface area (Å²) in [4.78, 5) is 21.0. The van der Waals surface area contributed by atoms with Crippen LogP contribution in [-0.2, 0) is 0 Å². The molecule has 0 saturated carbocycles. The second-order valence-electron chi connectivity index (χ2n) is 8.23. The zero-order valence-electron chi connectivity index (χ0n) is 17.2. The van der Waals surface area contributed by atoms with Gasteiger partial charge in [0.05, 0.1) is 6.57 Å². The predicted molar refractivity (Wildman–Crippen MR) is 118 cm³/mol. The Balaban J connectivity index is 1.41. The van der Waals surface area contributed by atoms with Gasteiger partial charge in [0, 0.05) is 42.1 Å². The minimum absolute atomic E-state index is 0.151. The first-order valence-corrected chi connectivity index (χ1v) is 10.5. The summed E-state index contributed by atoms with van der Waals surface area (Å²) in [5.41, 5.74) is 4.22. The predicted octanol–water partition coefficient (Wildman–Crippen LogP) is 4.86. The normalized spacial score (nSPS) is 21.9. The van der Waals surface area contributed by atoms with Gasteiger partial charge in [-0.2, -0.15) is 0 Å². The summed E-state index contributed by atoms with van der Waals surface area (Å²) in [5, 5.41) is 3.00. The number of rotatable bonds is 4. The summed E-state index contributed by atoms with van der Waals surface area (Å²) in [5.74, 6) is -0.151. The number of likely N-dealkylation sites (tertiary alicyclic amines) is 1. The molecular formula is C24H28N4O. The summed E-state index contributed by atoms with van der Waals surface area (Å²) in [6.07, 6.45) is 3.87. The van der Waals surface area contributed by atoms with Crippen LogP contribution >= 0.6 is 0 Å². The molecule has 2 heterocycles. The van der Waals surface area contributed by atoms with E-state index in [9.17, 15) is 4.79 Å². The molecule has 0 spiro atoms. The van der Waals surface area contributed by atoms with Crippen molar-refractivity contribution >= 4 is 23.0 Å². The van der Waals surface area contributed by atoms with Gasteiger partial charge in [0.15, 0.2) is 5.69 Å². The summed E-state index contributed by atoms with van der Waals surface area (Å²) in [7, 11) is 0. The first-order valence-electron chi connectivity index (χ1n) is 10.5. The summed E-state index contributed by atoms with van der Waals surface area (Å²) in [6.45, 7) is 14.8. The molecule has 5 heteroatoms. The standard InChI is InChI=1S/C24H28N4O/c1-17-15-21(27-14-12-22(16-27)28-13-4-5-18(28)2)10-11-23(17)26-24(29)19-6-8-20(25-3)9-7-19/h6-11,15,18,22H,4-5,12-14,16H2,1-2H3,(H,26,29). The van der Waals surface area contributed by atoms with E-state index in [0.29, 0.717) is 23.3 Å². The molecule has 5 nitrogen and oxygen atoms in total. The van der Waals surface area contributed by atoms with E-state index in [4.69, 9.17) is 6.57 Å². The molecule has 2 aromatic rings. The highest BCUT2D eigenvalue weighted by atomic mass is 16.1. The maximum atomic E-state index is 12.5. The van der Waals surface area contributed by atoms with Gasteiger partial charge in [0.2, 0.25) is 0 Å². The van der Waals surface area contributed by atoms with Crippen LogP contribution in [0.2, 0.25) is 0 Å². The molecule has 4 rings (SSSR count). The second-order valence-corrected chi connectivity index (χ2v) is 8.23. The van der Waals surface area contributed by atoms with Gasteiger partial charge in [-0.3, -0.25) is 9.69 Å². The van der Waals surface area contributed by atoms with Crippen LogP contribution in [-0.4, -0.2) is 42.5 Å². The lowest BCUT2D eigenvalue weighted by molar-refractivity contribution is 0.102. The third-order valence-electron chi connectivity index (χ3n) is 6.32. The van der Waals surface area contributed by atoms with Gasteiger partial charge in [-0.15, -0.1) is 0 Å². The third-order valence-corrected chi connectivity index (χ3v) is 6.32. The van der Waals surface area contributed by atoms with Crippen LogP contribution in [0.5, 0.6) is 0 Å². The van der Waals surface area contributed by atoms with Crippen LogP contribution in [0, 0.1) is 13.5 Å². The molecule has 2 saturated heterocycles. The smallest absolute Gasteiger partial charge is 0.255 e. The number of nitrogens with one attached hydrogen (secondary N) is 1. The molecule has 2 aliphatic heterocycles. The van der Waals surface area contributed by atoms with Crippen molar-refractivity contribution in [3.63, 3.8) is 0 Å². The zero-order valence-corrected chi connectivity index (χ0v) is 17.2. The fourth-order valence-electron chi connectivity index (χ4n) is 4.61. The maximum Gasteiger partial charge on any atom is 0.255 e. The molecule has 1 amide bonds. The molecule has 0 radical (unpaired) electrons. The Labute approximate surface area is 173 Å². The van der Waals surface area contributed by atoms with Crippen LogP contribution in [0.3, 0.4) is 0 Å². The van der Waals surface area contributed by atoms with E-state index in [-0.39, 0.29) is 5.91 Å². The van der Waals surface area contributed by atoms with Crippen LogP contribution in [0.4, 0.5) is 17.1 Å². The van der Waals surface area contributed by atoms with Crippen molar-refractivity contribution < 1.29 is 4.79 Å². The van der Waals surface area contributed by atoms with Crippen LogP contribution in [0.15, 0.2) is 42.5 Å². The van der Waals surface area contributed by atoms with Crippen LogP contribution in [0.25, 0.3) is 4.85 Å². The molecule has 1 N–H and O–H groups in total. The summed E-state index contributed by atoms with van der Waals surface area (Å²) in [6, 6.07) is 14.4. The molecule has 0 bridgehead atoms. The van der Waals surface area contributed by atoms with E-state index < -0.39 is 0 Å². The van der Waals surface area contributed by atoms with Gasteiger partial charge >= 0.3 is 0 Å². The van der Waals surface area contributed by atoms with E-state index in [1.54, 1.807) is 24.3 Å². The second kappa shape index (κ2) is 8.26. The van der Waals surface area contributed by atoms with E-state index >= 15 is 0 Å². The number of benzene rings is 2. The van der Waals surface area contributed by atoms with Gasteiger partial charge < -0.3 is 10.2 Å². The van der Waals surface area contributed by atoms with Crippen molar-refractivity contribution in [3.8, 4) is 0 Å². The molecule has 2 aliphatic rings. The molecule has 2 unspecified atom stereocenters. The van der Waals surface area contributed by atoms with Crippen molar-refractivity contribution in [2.45, 2.75) is 45.2 Å². The molecule has 150 valence electrons. The fraction of sp³-hybridized carbons (Fsp3) is 0.417. The van der Waals surface area contributed by atoms with E-state index in [0.717, 1.165) is 24.3 Å². The highest BCUT2D eigenvalue weighted by Gasteiger charge is 2.32. The minimum atomic E-state index is -0.151. The number of hydrogen-bond acceptors (Lipinski definition) is 3. The molecule has 2 atom stereocenters. The Hall–Kier alpha value is -2.84. The molecule has 2 aromatic carbocycles. The number of hydrogen-bond donors (Lipinski definition) is 1. The monoisotopic (exact) mass is 388 g/mol. The van der Waals surface area contributed by atoms with Crippen molar-refractivity contribution in [3.05, 3.63) is 65.0 Å². The van der Waals surface area contributed by atoms with Crippen molar-refractivity contribution in [2.75, 3.05) is 29.9 Å². The third kappa shape index (κ3) is 4.13. The van der Waals surface area contributed by atoms with Gasteiger partial charge in [0.25, 0.3) is 5.91 Å². The first kappa shape index (κ1) is 19.5. The number of nitrogens with zero attached hydrogens (tertiary/aromatic N) is 3. The number of anilines is 2. The lowest BCUT2D eigenvalue weighted by Gasteiger charge is -2.28. The van der Waals surface area contributed by atoms with Crippen molar-refractivity contribution in [1.82, 2.24) is 4.90 Å². The van der Waals surface area contributed by atoms with Gasteiger partial charge in [-0.1, -0.05) is 24.3 Å². The quantitative estimate of drug-likeness (QED) is 0.760. The van der Waals surface area contributed by atoms with Crippen LogP contribution < -0.4 is 10.2 Å². The van der Waals surface area contributed by atoms with E-state index in [1.807, 2.05) is 13.0 Å². The van der Waals surface area contributed by atoms with E-state index in [2.05, 4.69) is 39.0 Å². The molecule has 29 heavy (non-hydrogen) atoms. The molecule has 0 aromatic heterocycles. The number of aryl methyl sites for hydroxylation is 1. The lowest BCUT2D eigenvalue weighted by atomic mass is 10.1. The van der Waals surface area contributed by atoms with Gasteiger partial charge in [-0.25, -0.2) is 4.85 Å². The number of carbonyl (C=O) groups excluding carboxylic acids is 1. The van der Waals surface area contributed by atoms with Gasteiger partial charge in [0.1, 0.15) is 0 Å². The number of amides is 1. The lowest BCUT2D eigenvalue weighted by Crippen LogP contribution is -2.39. The highest BCUT2D eigenvalue weighted by Crippen LogP contribution is 2.30. The van der Waals surface area contributed by atoms with Crippen molar-refractivity contribution in [2.24, 2.45) is 0 Å². The Morgan fingerprint density at radius 2 is 1.93 bits per heavy atom. The van der Waals surface area contributed by atoms with Crippen LogP contribution in [0.1, 0.15) is 42.1 Å². The Bertz CT molecular complexity index is 931. The molecule has 2 fully saturated rings. The summed E-state index contributed by atoms with van der Waals surface area (Å²) < 4.78 is 0. The van der Waals surface area contributed by atoms with E-state index in [1.165, 1.54) is 31.5 Å².